The van der Waals surface area contributed by atoms with Gasteiger partial charge in [0.15, 0.2) is 0 Å². The van der Waals surface area contributed by atoms with Crippen LogP contribution >= 0.6 is 0 Å². The van der Waals surface area contributed by atoms with E-state index in [9.17, 15) is 17.6 Å². The third-order valence-corrected chi connectivity index (χ3v) is 5.48. The van der Waals surface area contributed by atoms with E-state index in [2.05, 4.69) is 4.72 Å². The summed E-state index contributed by atoms with van der Waals surface area (Å²) in [6, 6.07) is 9.94. The minimum atomic E-state index is -3.83. The van der Waals surface area contributed by atoms with Gasteiger partial charge >= 0.3 is 0 Å². The van der Waals surface area contributed by atoms with Crippen LogP contribution in [0.2, 0.25) is 0 Å². The summed E-state index contributed by atoms with van der Waals surface area (Å²) in [4.78, 5) is 14.3. The Morgan fingerprint density at radius 1 is 1.04 bits per heavy atom. The molecule has 0 saturated carbocycles. The van der Waals surface area contributed by atoms with Crippen LogP contribution in [0.3, 0.4) is 0 Å². The summed E-state index contributed by atoms with van der Waals surface area (Å²) >= 11 is 0. The molecule has 1 N–H and O–H groups in total. The molecule has 0 heterocycles. The molecule has 2 rings (SSSR count). The number of nitrogens with zero attached hydrogens (tertiary/aromatic N) is 1. The van der Waals surface area contributed by atoms with Crippen LogP contribution in [0, 0.1) is 12.7 Å². The highest BCUT2D eigenvalue weighted by Gasteiger charge is 2.17. The van der Waals surface area contributed by atoms with Crippen LogP contribution in [-0.2, 0) is 10.0 Å². The van der Waals surface area contributed by atoms with E-state index < -0.39 is 15.8 Å². The first-order chi connectivity index (χ1) is 12.8. The van der Waals surface area contributed by atoms with Crippen LogP contribution in [-0.4, -0.2) is 32.3 Å². The van der Waals surface area contributed by atoms with Crippen molar-refractivity contribution in [2.45, 2.75) is 38.5 Å². The molecule has 7 heteroatoms. The van der Waals surface area contributed by atoms with Gasteiger partial charge in [0.1, 0.15) is 5.82 Å². The highest BCUT2D eigenvalue weighted by atomic mass is 32.2. The molecule has 0 radical (unpaired) electrons. The lowest BCUT2D eigenvalue weighted by Crippen LogP contribution is -2.32. The average molecular weight is 392 g/mol. The number of aryl methyl sites for hydroxylation is 1. The number of anilines is 1. The number of nitrogens with one attached hydrogen (secondary N) is 1. The summed E-state index contributed by atoms with van der Waals surface area (Å²) in [6.07, 6.45) is 1.75. The molecule has 0 fully saturated rings. The van der Waals surface area contributed by atoms with E-state index in [1.807, 2.05) is 13.8 Å². The lowest BCUT2D eigenvalue weighted by Gasteiger charge is -2.21. The fourth-order valence-electron chi connectivity index (χ4n) is 2.72. The SMILES string of the molecule is CCCN(CCC)C(=O)c1ccc(NS(=O)(=O)c2ccc(F)c(C)c2)cc1. The van der Waals surface area contributed by atoms with E-state index in [1.165, 1.54) is 19.1 Å². The Morgan fingerprint density at radius 3 is 2.15 bits per heavy atom. The number of benzene rings is 2. The van der Waals surface area contributed by atoms with E-state index >= 15 is 0 Å². The molecule has 0 saturated heterocycles. The Morgan fingerprint density at radius 2 is 1.63 bits per heavy atom. The second-order valence-corrected chi connectivity index (χ2v) is 8.07. The summed E-state index contributed by atoms with van der Waals surface area (Å²) in [5, 5.41) is 0. The maximum Gasteiger partial charge on any atom is 0.261 e. The predicted octanol–water partition coefficient (Wildman–Crippen LogP) is 4.20. The van der Waals surface area contributed by atoms with Gasteiger partial charge < -0.3 is 4.90 Å². The van der Waals surface area contributed by atoms with Crippen LogP contribution in [0.5, 0.6) is 0 Å². The summed E-state index contributed by atoms with van der Waals surface area (Å²) in [5.41, 5.74) is 1.11. The van der Waals surface area contributed by atoms with Crippen molar-refractivity contribution in [2.24, 2.45) is 0 Å². The van der Waals surface area contributed by atoms with Crippen LogP contribution in [0.4, 0.5) is 10.1 Å². The van der Waals surface area contributed by atoms with Crippen LogP contribution in [0.25, 0.3) is 0 Å². The topological polar surface area (TPSA) is 66.5 Å². The summed E-state index contributed by atoms with van der Waals surface area (Å²) in [5.74, 6) is -0.525. The van der Waals surface area contributed by atoms with E-state index in [4.69, 9.17) is 0 Å². The van der Waals surface area contributed by atoms with Crippen LogP contribution in [0.15, 0.2) is 47.4 Å². The van der Waals surface area contributed by atoms with Crippen molar-refractivity contribution < 1.29 is 17.6 Å². The number of amides is 1. The summed E-state index contributed by atoms with van der Waals surface area (Å²) < 4.78 is 40.7. The molecule has 0 aromatic heterocycles. The van der Waals surface area contributed by atoms with Crippen molar-refractivity contribution in [2.75, 3.05) is 17.8 Å². The van der Waals surface area contributed by atoms with E-state index in [0.29, 0.717) is 24.3 Å². The smallest absolute Gasteiger partial charge is 0.261 e. The highest BCUT2D eigenvalue weighted by molar-refractivity contribution is 7.92. The van der Waals surface area contributed by atoms with Gasteiger partial charge in [-0.1, -0.05) is 13.8 Å². The first-order valence-corrected chi connectivity index (χ1v) is 10.4. The molecule has 0 aliphatic heterocycles. The average Bonchev–Trinajstić information content (AvgIpc) is 2.63. The first kappa shape index (κ1) is 20.9. The zero-order valence-electron chi connectivity index (χ0n) is 15.8. The normalized spacial score (nSPS) is 11.3. The molecule has 0 aliphatic carbocycles. The van der Waals surface area contributed by atoms with Crippen molar-refractivity contribution in [3.8, 4) is 0 Å². The van der Waals surface area contributed by atoms with Gasteiger partial charge in [0.05, 0.1) is 4.90 Å². The number of rotatable bonds is 8. The number of carbonyl (C=O) groups excluding carboxylic acids is 1. The van der Waals surface area contributed by atoms with Crippen molar-refractivity contribution in [1.29, 1.82) is 0 Å². The molecule has 0 atom stereocenters. The summed E-state index contributed by atoms with van der Waals surface area (Å²) in [6.45, 7) is 6.92. The fraction of sp³-hybridized carbons (Fsp3) is 0.350. The number of hydrogen-bond donors (Lipinski definition) is 1. The molecule has 0 spiro atoms. The van der Waals surface area contributed by atoms with Crippen molar-refractivity contribution in [1.82, 2.24) is 4.90 Å². The standard InChI is InChI=1S/C20H25FN2O3S/c1-4-12-23(13-5-2)20(24)16-6-8-17(9-7-16)22-27(25,26)18-10-11-19(21)15(3)14-18/h6-11,14,22H,4-5,12-13H2,1-3H3. The van der Waals surface area contributed by atoms with Gasteiger partial charge in [0.2, 0.25) is 0 Å². The molecule has 0 unspecified atom stereocenters. The van der Waals surface area contributed by atoms with E-state index in [1.54, 1.807) is 29.2 Å². The maximum atomic E-state index is 13.4. The van der Waals surface area contributed by atoms with E-state index in [-0.39, 0.29) is 16.4 Å². The number of sulfonamides is 1. The van der Waals surface area contributed by atoms with Gasteiger partial charge in [-0.3, -0.25) is 9.52 Å². The van der Waals surface area contributed by atoms with Gasteiger partial charge in [0.25, 0.3) is 15.9 Å². The minimum Gasteiger partial charge on any atom is -0.339 e. The quantitative estimate of drug-likeness (QED) is 0.732. The van der Waals surface area contributed by atoms with Gasteiger partial charge in [-0.25, -0.2) is 12.8 Å². The Kier molecular flexibility index (Phi) is 6.96. The van der Waals surface area contributed by atoms with Crippen molar-refractivity contribution in [3.05, 3.63) is 59.4 Å². The van der Waals surface area contributed by atoms with Crippen molar-refractivity contribution in [3.63, 3.8) is 0 Å². The zero-order valence-corrected chi connectivity index (χ0v) is 16.6. The molecule has 0 aliphatic rings. The number of halogens is 1. The molecule has 0 bridgehead atoms. The number of hydrogen-bond acceptors (Lipinski definition) is 3. The third-order valence-electron chi connectivity index (χ3n) is 4.10. The molecule has 5 nitrogen and oxygen atoms in total. The van der Waals surface area contributed by atoms with Gasteiger partial charge in [-0.15, -0.1) is 0 Å². The van der Waals surface area contributed by atoms with E-state index in [0.717, 1.165) is 18.9 Å². The Hall–Kier alpha value is -2.41. The predicted molar refractivity (Wildman–Crippen MR) is 105 cm³/mol. The van der Waals surface area contributed by atoms with Crippen LogP contribution in [0.1, 0.15) is 42.6 Å². The highest BCUT2D eigenvalue weighted by Crippen LogP contribution is 2.19. The molecular formula is C20H25FN2O3S. The van der Waals surface area contributed by atoms with Crippen molar-refractivity contribution >= 4 is 21.6 Å². The van der Waals surface area contributed by atoms with Gasteiger partial charge in [-0.2, -0.15) is 0 Å². The van der Waals surface area contributed by atoms with Crippen LogP contribution < -0.4 is 4.72 Å². The lowest BCUT2D eigenvalue weighted by molar-refractivity contribution is 0.0755. The molecule has 2 aromatic rings. The molecule has 1 amide bonds. The van der Waals surface area contributed by atoms with Gasteiger partial charge in [0, 0.05) is 24.3 Å². The monoisotopic (exact) mass is 392 g/mol. The second-order valence-electron chi connectivity index (χ2n) is 6.39. The minimum absolute atomic E-state index is 0.0152. The molecule has 146 valence electrons. The maximum absolute atomic E-state index is 13.4. The third kappa shape index (κ3) is 5.29. The second kappa shape index (κ2) is 8.99. The summed E-state index contributed by atoms with van der Waals surface area (Å²) in [7, 11) is -3.83. The molecular weight excluding hydrogens is 367 g/mol. The van der Waals surface area contributed by atoms with Gasteiger partial charge in [-0.05, 0) is 67.8 Å². The Balaban J connectivity index is 2.17. The zero-order chi connectivity index (χ0) is 20.0. The Bertz CT molecular complexity index is 890. The Labute approximate surface area is 160 Å². The molecule has 2 aromatic carbocycles. The first-order valence-electron chi connectivity index (χ1n) is 8.96. The lowest BCUT2D eigenvalue weighted by atomic mass is 10.1. The number of carbonyl (C=O) groups is 1. The largest absolute Gasteiger partial charge is 0.339 e. The fourth-order valence-corrected chi connectivity index (χ4v) is 3.86. The molecule has 27 heavy (non-hydrogen) atoms.